The minimum atomic E-state index is -0.00846. The van der Waals surface area contributed by atoms with E-state index in [1.165, 1.54) is 0 Å². The van der Waals surface area contributed by atoms with Gasteiger partial charge >= 0.3 is 0 Å². The third-order valence-corrected chi connectivity index (χ3v) is 3.43. The average molecular weight is 306 g/mol. The zero-order chi connectivity index (χ0) is 16.1. The van der Waals surface area contributed by atoms with Gasteiger partial charge in [0.25, 0.3) is 0 Å². The molecule has 116 valence electrons. The number of amides is 1. The van der Waals surface area contributed by atoms with E-state index in [4.69, 9.17) is 0 Å². The molecule has 23 heavy (non-hydrogen) atoms. The lowest BCUT2D eigenvalue weighted by atomic mass is 10.2. The van der Waals surface area contributed by atoms with Crippen molar-refractivity contribution >= 4 is 11.7 Å². The zero-order valence-corrected chi connectivity index (χ0v) is 12.9. The molecule has 0 radical (unpaired) electrons. The van der Waals surface area contributed by atoms with Crippen molar-refractivity contribution in [1.29, 1.82) is 0 Å². The molecule has 0 bridgehead atoms. The molecule has 2 heterocycles. The van der Waals surface area contributed by atoms with Crippen molar-refractivity contribution in [2.45, 2.75) is 19.8 Å². The normalized spacial score (nSPS) is 10.5. The summed E-state index contributed by atoms with van der Waals surface area (Å²) in [5.41, 5.74) is 2.66. The van der Waals surface area contributed by atoms with Crippen LogP contribution in [0.2, 0.25) is 0 Å². The first-order valence-corrected chi connectivity index (χ1v) is 7.63. The van der Waals surface area contributed by atoms with Crippen molar-refractivity contribution in [2.75, 3.05) is 5.32 Å². The lowest BCUT2D eigenvalue weighted by molar-refractivity contribution is -0.116. The number of carbonyl (C=O) groups excluding carboxylic acids is 1. The standard InChI is InChI=1S/C18H18N4O/c1-2-6-18(23)20-17-13-16(14-9-11-19-12-10-14)21-22(17)15-7-4-3-5-8-15/h3-5,7-13H,2,6H2,1H3,(H,20,23). The van der Waals surface area contributed by atoms with Gasteiger partial charge in [-0.15, -0.1) is 0 Å². The fraction of sp³-hybridized carbons (Fsp3) is 0.167. The lowest BCUT2D eigenvalue weighted by Gasteiger charge is -2.08. The van der Waals surface area contributed by atoms with Crippen molar-refractivity contribution < 1.29 is 4.79 Å². The monoisotopic (exact) mass is 306 g/mol. The Morgan fingerprint density at radius 2 is 1.87 bits per heavy atom. The number of para-hydroxylation sites is 1. The molecular weight excluding hydrogens is 288 g/mol. The number of benzene rings is 1. The predicted molar refractivity (Wildman–Crippen MR) is 90.3 cm³/mol. The second kappa shape index (κ2) is 6.87. The number of pyridine rings is 1. The SMILES string of the molecule is CCCC(=O)Nc1cc(-c2ccncc2)nn1-c1ccccc1. The molecule has 1 amide bonds. The summed E-state index contributed by atoms with van der Waals surface area (Å²) in [6.45, 7) is 1.98. The van der Waals surface area contributed by atoms with Crippen molar-refractivity contribution in [1.82, 2.24) is 14.8 Å². The van der Waals surface area contributed by atoms with Crippen molar-refractivity contribution in [3.8, 4) is 16.9 Å². The van der Waals surface area contributed by atoms with Crippen LogP contribution in [0.25, 0.3) is 16.9 Å². The molecule has 0 fully saturated rings. The minimum Gasteiger partial charge on any atom is -0.311 e. The number of hydrogen-bond acceptors (Lipinski definition) is 3. The molecule has 1 aromatic carbocycles. The Bertz CT molecular complexity index is 781. The van der Waals surface area contributed by atoms with Crippen LogP contribution in [-0.2, 0) is 4.79 Å². The Hall–Kier alpha value is -2.95. The van der Waals surface area contributed by atoms with Crippen LogP contribution >= 0.6 is 0 Å². The molecule has 0 aliphatic carbocycles. The molecule has 0 unspecified atom stereocenters. The number of rotatable bonds is 5. The molecule has 0 saturated heterocycles. The van der Waals surface area contributed by atoms with Crippen LogP contribution in [0.4, 0.5) is 5.82 Å². The second-order valence-corrected chi connectivity index (χ2v) is 5.20. The molecule has 3 rings (SSSR count). The summed E-state index contributed by atoms with van der Waals surface area (Å²) in [5, 5.41) is 7.58. The van der Waals surface area contributed by atoms with Crippen LogP contribution < -0.4 is 5.32 Å². The maximum absolute atomic E-state index is 12.0. The first-order chi connectivity index (χ1) is 11.3. The summed E-state index contributed by atoms with van der Waals surface area (Å²) in [6, 6.07) is 15.4. The molecule has 5 heteroatoms. The summed E-state index contributed by atoms with van der Waals surface area (Å²) >= 11 is 0. The highest BCUT2D eigenvalue weighted by molar-refractivity contribution is 5.90. The van der Waals surface area contributed by atoms with Gasteiger partial charge in [0.05, 0.1) is 11.4 Å². The molecule has 2 aromatic heterocycles. The van der Waals surface area contributed by atoms with Crippen molar-refractivity contribution in [2.24, 2.45) is 0 Å². The molecule has 0 atom stereocenters. The summed E-state index contributed by atoms with van der Waals surface area (Å²) in [7, 11) is 0. The van der Waals surface area contributed by atoms with Gasteiger partial charge in [-0.3, -0.25) is 9.78 Å². The van der Waals surface area contributed by atoms with Crippen LogP contribution in [-0.4, -0.2) is 20.7 Å². The summed E-state index contributed by atoms with van der Waals surface area (Å²) < 4.78 is 1.75. The van der Waals surface area contributed by atoms with Crippen LogP contribution in [0.15, 0.2) is 60.9 Å². The fourth-order valence-electron chi connectivity index (χ4n) is 2.33. The average Bonchev–Trinajstić information content (AvgIpc) is 3.00. The van der Waals surface area contributed by atoms with Crippen LogP contribution in [0, 0.1) is 0 Å². The molecule has 0 aliphatic rings. The van der Waals surface area contributed by atoms with Gasteiger partial charge in [-0.2, -0.15) is 5.10 Å². The van der Waals surface area contributed by atoms with Gasteiger partial charge in [0.15, 0.2) is 0 Å². The molecule has 0 spiro atoms. The van der Waals surface area contributed by atoms with E-state index in [2.05, 4.69) is 15.4 Å². The Morgan fingerprint density at radius 1 is 1.13 bits per heavy atom. The first-order valence-electron chi connectivity index (χ1n) is 7.63. The van der Waals surface area contributed by atoms with E-state index in [0.717, 1.165) is 23.4 Å². The largest absolute Gasteiger partial charge is 0.311 e. The van der Waals surface area contributed by atoms with Crippen LogP contribution in [0.3, 0.4) is 0 Å². The highest BCUT2D eigenvalue weighted by Crippen LogP contribution is 2.24. The number of anilines is 1. The maximum Gasteiger partial charge on any atom is 0.225 e. The Kier molecular flexibility index (Phi) is 4.47. The quantitative estimate of drug-likeness (QED) is 0.782. The number of aromatic nitrogens is 3. The topological polar surface area (TPSA) is 59.8 Å². The Balaban J connectivity index is 2.02. The van der Waals surface area contributed by atoms with Crippen LogP contribution in [0.1, 0.15) is 19.8 Å². The highest BCUT2D eigenvalue weighted by atomic mass is 16.1. The molecule has 0 saturated carbocycles. The van der Waals surface area contributed by atoms with Crippen molar-refractivity contribution in [3.05, 3.63) is 60.9 Å². The smallest absolute Gasteiger partial charge is 0.225 e. The number of nitrogens with one attached hydrogen (secondary N) is 1. The fourth-order valence-corrected chi connectivity index (χ4v) is 2.33. The Labute approximate surface area is 135 Å². The van der Waals surface area contributed by atoms with E-state index in [1.807, 2.05) is 55.5 Å². The molecular formula is C18H18N4O. The zero-order valence-electron chi connectivity index (χ0n) is 12.9. The number of carbonyl (C=O) groups is 1. The summed E-state index contributed by atoms with van der Waals surface area (Å²) in [4.78, 5) is 16.0. The van der Waals surface area contributed by atoms with E-state index < -0.39 is 0 Å². The molecule has 0 aliphatic heterocycles. The molecule has 1 N–H and O–H groups in total. The number of hydrogen-bond donors (Lipinski definition) is 1. The van der Waals surface area contributed by atoms with Gasteiger partial charge in [0.2, 0.25) is 5.91 Å². The second-order valence-electron chi connectivity index (χ2n) is 5.20. The molecule has 5 nitrogen and oxygen atoms in total. The third kappa shape index (κ3) is 3.45. The van der Waals surface area contributed by atoms with Gasteiger partial charge in [-0.05, 0) is 30.7 Å². The van der Waals surface area contributed by atoms with E-state index in [1.54, 1.807) is 17.1 Å². The lowest BCUT2D eigenvalue weighted by Crippen LogP contribution is -2.14. The van der Waals surface area contributed by atoms with E-state index >= 15 is 0 Å². The molecule has 3 aromatic rings. The van der Waals surface area contributed by atoms with E-state index in [0.29, 0.717) is 12.2 Å². The third-order valence-electron chi connectivity index (χ3n) is 3.43. The minimum absolute atomic E-state index is 0.00846. The number of nitrogens with zero attached hydrogens (tertiary/aromatic N) is 3. The van der Waals surface area contributed by atoms with Crippen LogP contribution in [0.5, 0.6) is 0 Å². The summed E-state index contributed by atoms with van der Waals surface area (Å²) in [6.07, 6.45) is 4.76. The first kappa shape index (κ1) is 15.0. The van der Waals surface area contributed by atoms with Gasteiger partial charge in [0, 0.05) is 30.4 Å². The summed E-state index contributed by atoms with van der Waals surface area (Å²) in [5.74, 6) is 0.660. The van der Waals surface area contributed by atoms with Crippen molar-refractivity contribution in [3.63, 3.8) is 0 Å². The highest BCUT2D eigenvalue weighted by Gasteiger charge is 2.13. The van der Waals surface area contributed by atoms with E-state index in [9.17, 15) is 4.79 Å². The van der Waals surface area contributed by atoms with Gasteiger partial charge < -0.3 is 5.32 Å². The maximum atomic E-state index is 12.0. The Morgan fingerprint density at radius 3 is 2.57 bits per heavy atom. The van der Waals surface area contributed by atoms with Gasteiger partial charge in [-0.1, -0.05) is 25.1 Å². The van der Waals surface area contributed by atoms with Gasteiger partial charge in [-0.25, -0.2) is 4.68 Å². The van der Waals surface area contributed by atoms with E-state index in [-0.39, 0.29) is 5.91 Å². The van der Waals surface area contributed by atoms with Gasteiger partial charge in [0.1, 0.15) is 5.82 Å². The predicted octanol–water partition coefficient (Wildman–Crippen LogP) is 3.67.